The number of nitrogens with two attached hydrogens (primary N) is 1. The van der Waals surface area contributed by atoms with Gasteiger partial charge in [0.1, 0.15) is 5.82 Å². The van der Waals surface area contributed by atoms with Crippen molar-refractivity contribution in [3.05, 3.63) is 34.1 Å². The molecule has 106 valence electrons. The molecule has 1 rings (SSSR count). The van der Waals surface area contributed by atoms with Crippen molar-refractivity contribution in [1.82, 2.24) is 4.90 Å². The average Bonchev–Trinajstić information content (AvgIpc) is 2.33. The topological polar surface area (TPSA) is 46.3 Å². The van der Waals surface area contributed by atoms with Gasteiger partial charge in [-0.3, -0.25) is 4.79 Å². The number of carbonyl (C=O) groups excluding carboxylic acids is 1. The van der Waals surface area contributed by atoms with Crippen LogP contribution in [0.3, 0.4) is 0 Å². The summed E-state index contributed by atoms with van der Waals surface area (Å²) in [5.74, 6) is -0.337. The van der Waals surface area contributed by atoms with E-state index in [4.69, 9.17) is 5.73 Å². The summed E-state index contributed by atoms with van der Waals surface area (Å²) in [7, 11) is 1.68. The van der Waals surface area contributed by atoms with Gasteiger partial charge in [0.25, 0.3) is 0 Å². The number of benzene rings is 1. The lowest BCUT2D eigenvalue weighted by atomic mass is 9.89. The molecule has 0 radical (unpaired) electrons. The van der Waals surface area contributed by atoms with E-state index in [0.717, 1.165) is 4.47 Å². The molecule has 19 heavy (non-hydrogen) atoms. The summed E-state index contributed by atoms with van der Waals surface area (Å²) in [6, 6.07) is 4.72. The number of hydrogen-bond donors (Lipinski definition) is 1. The minimum absolute atomic E-state index is 0.0326. The molecule has 5 heteroatoms. The molecule has 2 N–H and O–H groups in total. The lowest BCUT2D eigenvalue weighted by molar-refractivity contribution is -0.132. The molecule has 3 nitrogen and oxygen atoms in total. The highest BCUT2D eigenvalue weighted by Crippen LogP contribution is 2.21. The van der Waals surface area contributed by atoms with Crippen molar-refractivity contribution in [3.8, 4) is 0 Å². The SMILES string of the molecule is CN(Cc1cc(Br)ccc1F)C(=O)CC(C)(C)CN. The predicted octanol–water partition coefficient (Wildman–Crippen LogP) is 2.92. The molecule has 0 heterocycles. The van der Waals surface area contributed by atoms with Gasteiger partial charge in [-0.1, -0.05) is 29.8 Å². The fourth-order valence-electron chi connectivity index (χ4n) is 1.62. The molecule has 0 aliphatic rings. The number of hydrogen-bond acceptors (Lipinski definition) is 2. The van der Waals surface area contributed by atoms with E-state index >= 15 is 0 Å². The molecule has 0 aromatic heterocycles. The molecule has 1 amide bonds. The van der Waals surface area contributed by atoms with Crippen LogP contribution in [-0.4, -0.2) is 24.4 Å². The molecule has 0 spiro atoms. The molecule has 0 aliphatic heterocycles. The molecule has 0 saturated heterocycles. The molecule has 0 saturated carbocycles. The van der Waals surface area contributed by atoms with E-state index in [1.807, 2.05) is 13.8 Å². The van der Waals surface area contributed by atoms with Crippen molar-refractivity contribution in [1.29, 1.82) is 0 Å². The molecule has 0 atom stereocenters. The first-order valence-electron chi connectivity index (χ1n) is 6.13. The molecule has 0 fully saturated rings. The zero-order valence-electron chi connectivity index (χ0n) is 11.5. The largest absolute Gasteiger partial charge is 0.341 e. The van der Waals surface area contributed by atoms with E-state index in [9.17, 15) is 9.18 Å². The Bertz CT molecular complexity index is 463. The van der Waals surface area contributed by atoms with Crippen LogP contribution < -0.4 is 5.73 Å². The van der Waals surface area contributed by atoms with E-state index in [1.165, 1.54) is 11.0 Å². The van der Waals surface area contributed by atoms with Gasteiger partial charge in [0, 0.05) is 30.0 Å². The summed E-state index contributed by atoms with van der Waals surface area (Å²) in [6.07, 6.45) is 0.357. The van der Waals surface area contributed by atoms with Crippen molar-refractivity contribution < 1.29 is 9.18 Å². The number of halogens is 2. The number of carbonyl (C=O) groups is 1. The van der Waals surface area contributed by atoms with Crippen LogP contribution in [0, 0.1) is 11.2 Å². The first kappa shape index (κ1) is 16.1. The average molecular weight is 331 g/mol. The number of nitrogens with zero attached hydrogens (tertiary/aromatic N) is 1. The van der Waals surface area contributed by atoms with Gasteiger partial charge in [-0.05, 0) is 30.2 Å². The Morgan fingerprint density at radius 3 is 2.68 bits per heavy atom. The smallest absolute Gasteiger partial charge is 0.223 e. The summed E-state index contributed by atoms with van der Waals surface area (Å²) < 4.78 is 14.4. The van der Waals surface area contributed by atoms with E-state index in [-0.39, 0.29) is 23.7 Å². The Morgan fingerprint density at radius 2 is 2.11 bits per heavy atom. The summed E-state index contributed by atoms with van der Waals surface area (Å²) in [4.78, 5) is 13.6. The Balaban J connectivity index is 2.71. The van der Waals surface area contributed by atoms with Crippen LogP contribution in [0.1, 0.15) is 25.8 Å². The Hall–Kier alpha value is -0.940. The normalized spacial score (nSPS) is 11.5. The standard InChI is InChI=1S/C14H20BrFN2O/c1-14(2,9-17)7-13(19)18(3)8-10-6-11(15)4-5-12(10)16/h4-6H,7-9,17H2,1-3H3. The molecule has 1 aromatic rings. The van der Waals surface area contributed by atoms with Crippen LogP contribution in [0.25, 0.3) is 0 Å². The van der Waals surface area contributed by atoms with Crippen molar-refractivity contribution in [2.45, 2.75) is 26.8 Å². The quantitative estimate of drug-likeness (QED) is 0.902. The third kappa shape index (κ3) is 4.91. The lowest BCUT2D eigenvalue weighted by Gasteiger charge is -2.25. The summed E-state index contributed by atoms with van der Waals surface area (Å²) in [5, 5.41) is 0. The van der Waals surface area contributed by atoms with Gasteiger partial charge in [0.05, 0.1) is 0 Å². The lowest BCUT2D eigenvalue weighted by Crippen LogP contribution is -2.34. The van der Waals surface area contributed by atoms with Gasteiger partial charge in [0.2, 0.25) is 5.91 Å². The minimum Gasteiger partial charge on any atom is -0.341 e. The maximum Gasteiger partial charge on any atom is 0.223 e. The van der Waals surface area contributed by atoms with Crippen molar-refractivity contribution in [3.63, 3.8) is 0 Å². The first-order chi connectivity index (χ1) is 8.75. The molecule has 0 unspecified atom stereocenters. The second-order valence-corrected chi connectivity index (χ2v) is 6.45. The highest BCUT2D eigenvalue weighted by atomic mass is 79.9. The van der Waals surface area contributed by atoms with Crippen molar-refractivity contribution in [2.24, 2.45) is 11.1 Å². The van der Waals surface area contributed by atoms with Gasteiger partial charge < -0.3 is 10.6 Å². The van der Waals surface area contributed by atoms with Crippen molar-refractivity contribution >= 4 is 21.8 Å². The molecular formula is C14H20BrFN2O. The Morgan fingerprint density at radius 1 is 1.47 bits per heavy atom. The van der Waals surface area contributed by atoms with E-state index in [1.54, 1.807) is 19.2 Å². The van der Waals surface area contributed by atoms with Gasteiger partial charge in [-0.2, -0.15) is 0 Å². The van der Waals surface area contributed by atoms with E-state index in [2.05, 4.69) is 15.9 Å². The van der Waals surface area contributed by atoms with Gasteiger partial charge in [0.15, 0.2) is 0 Å². The Labute approximate surface area is 122 Å². The minimum atomic E-state index is -0.305. The molecule has 0 aliphatic carbocycles. The maximum absolute atomic E-state index is 13.6. The second kappa shape index (κ2) is 6.48. The highest BCUT2D eigenvalue weighted by molar-refractivity contribution is 9.10. The second-order valence-electron chi connectivity index (χ2n) is 5.53. The number of rotatable bonds is 5. The third-order valence-electron chi connectivity index (χ3n) is 3.02. The van der Waals surface area contributed by atoms with E-state index < -0.39 is 0 Å². The summed E-state index contributed by atoms with van der Waals surface area (Å²) in [5.41, 5.74) is 5.88. The monoisotopic (exact) mass is 330 g/mol. The molecular weight excluding hydrogens is 311 g/mol. The zero-order valence-corrected chi connectivity index (χ0v) is 13.1. The highest BCUT2D eigenvalue weighted by Gasteiger charge is 2.22. The number of amides is 1. The van der Waals surface area contributed by atoms with Crippen LogP contribution >= 0.6 is 15.9 Å². The van der Waals surface area contributed by atoms with E-state index in [0.29, 0.717) is 18.5 Å². The fourth-order valence-corrected chi connectivity index (χ4v) is 2.03. The zero-order chi connectivity index (χ0) is 14.6. The predicted molar refractivity (Wildman–Crippen MR) is 78.0 cm³/mol. The van der Waals surface area contributed by atoms with Crippen LogP contribution in [0.5, 0.6) is 0 Å². The van der Waals surface area contributed by atoms with Crippen LogP contribution in [0.4, 0.5) is 4.39 Å². The third-order valence-corrected chi connectivity index (χ3v) is 3.52. The van der Waals surface area contributed by atoms with Crippen LogP contribution in [0.15, 0.2) is 22.7 Å². The van der Waals surface area contributed by atoms with Crippen molar-refractivity contribution in [2.75, 3.05) is 13.6 Å². The van der Waals surface area contributed by atoms with Crippen LogP contribution in [-0.2, 0) is 11.3 Å². The van der Waals surface area contributed by atoms with Gasteiger partial charge >= 0.3 is 0 Å². The molecule has 0 bridgehead atoms. The Kier molecular flexibility index (Phi) is 5.50. The summed E-state index contributed by atoms with van der Waals surface area (Å²) in [6.45, 7) is 4.58. The maximum atomic E-state index is 13.6. The first-order valence-corrected chi connectivity index (χ1v) is 6.92. The summed E-state index contributed by atoms with van der Waals surface area (Å²) >= 11 is 3.30. The van der Waals surface area contributed by atoms with Gasteiger partial charge in [-0.15, -0.1) is 0 Å². The van der Waals surface area contributed by atoms with Crippen LogP contribution in [0.2, 0.25) is 0 Å². The fraction of sp³-hybridized carbons (Fsp3) is 0.500. The van der Waals surface area contributed by atoms with Gasteiger partial charge in [-0.25, -0.2) is 4.39 Å². The molecule has 1 aromatic carbocycles.